The van der Waals surface area contributed by atoms with Crippen molar-refractivity contribution in [2.75, 3.05) is 4.90 Å². The van der Waals surface area contributed by atoms with Crippen LogP contribution < -0.4 is 4.90 Å². The van der Waals surface area contributed by atoms with Gasteiger partial charge < -0.3 is 4.90 Å². The summed E-state index contributed by atoms with van der Waals surface area (Å²) in [5.74, 6) is 0. The Morgan fingerprint density at radius 2 is 1.40 bits per heavy atom. The Hall–Kier alpha value is -4.17. The molecule has 164 valence electrons. The number of fused-ring (bicyclic) bond motifs is 11. The quantitative estimate of drug-likeness (QED) is 0.240. The van der Waals surface area contributed by atoms with Gasteiger partial charge in [0.25, 0.3) is 0 Å². The molecule has 1 aromatic heterocycles. The number of nitrogens with zero attached hydrogens (tertiary/aromatic N) is 2. The van der Waals surface area contributed by atoms with Gasteiger partial charge in [0.2, 0.25) is 0 Å². The summed E-state index contributed by atoms with van der Waals surface area (Å²) < 4.78 is 0. The molecule has 5 aromatic rings. The van der Waals surface area contributed by atoms with E-state index < -0.39 is 0 Å². The second-order valence-electron chi connectivity index (χ2n) is 10.4. The third kappa shape index (κ3) is 2.27. The Kier molecular flexibility index (Phi) is 3.27. The highest BCUT2D eigenvalue weighted by molar-refractivity contribution is 5.94. The number of pyridine rings is 1. The largest absolute Gasteiger partial charge is 0.308 e. The fraction of sp³-hybridized carbons (Fsp3) is 0.121. The van der Waals surface area contributed by atoms with E-state index in [1.54, 1.807) is 0 Å². The molecule has 2 aliphatic heterocycles. The molecule has 9 rings (SSSR count). The Balaban J connectivity index is 1.27. The number of hydrogen-bond acceptors (Lipinski definition) is 2. The summed E-state index contributed by atoms with van der Waals surface area (Å²) in [6.45, 7) is 0. The molecular weight excluding hydrogens is 424 g/mol. The van der Waals surface area contributed by atoms with Gasteiger partial charge in [-0.3, -0.25) is 4.98 Å². The van der Waals surface area contributed by atoms with Crippen molar-refractivity contribution in [3.05, 3.63) is 130 Å². The minimum absolute atomic E-state index is 0.911. The third-order valence-corrected chi connectivity index (χ3v) is 8.54. The summed E-state index contributed by atoms with van der Waals surface area (Å²) in [6, 6.07) is 29.8. The van der Waals surface area contributed by atoms with E-state index in [1.807, 2.05) is 6.20 Å². The van der Waals surface area contributed by atoms with Gasteiger partial charge in [-0.1, -0.05) is 54.6 Å². The third-order valence-electron chi connectivity index (χ3n) is 8.54. The van der Waals surface area contributed by atoms with Crippen LogP contribution in [0.15, 0.2) is 85.1 Å². The van der Waals surface area contributed by atoms with E-state index in [1.165, 1.54) is 84.0 Å². The van der Waals surface area contributed by atoms with Crippen molar-refractivity contribution in [2.24, 2.45) is 0 Å². The molecule has 4 aliphatic rings. The summed E-state index contributed by atoms with van der Waals surface area (Å²) in [5.41, 5.74) is 21.1. The van der Waals surface area contributed by atoms with Crippen molar-refractivity contribution in [1.29, 1.82) is 0 Å². The van der Waals surface area contributed by atoms with Crippen LogP contribution in [-0.4, -0.2) is 4.98 Å². The molecule has 0 bridgehead atoms. The van der Waals surface area contributed by atoms with E-state index in [2.05, 4.69) is 83.8 Å². The molecule has 0 unspecified atom stereocenters. The highest BCUT2D eigenvalue weighted by Gasteiger charge is 2.35. The molecule has 0 saturated heterocycles. The first-order valence-electron chi connectivity index (χ1n) is 12.6. The Morgan fingerprint density at radius 3 is 2.37 bits per heavy atom. The SMILES string of the molecule is c1ccc2c(c1)Cc1c-2ccc2c1-c1cc3c(cc1C2)N1c2cccnc2Cc2cccc(c21)C3. The lowest BCUT2D eigenvalue weighted by Gasteiger charge is -2.39. The van der Waals surface area contributed by atoms with Gasteiger partial charge in [0.05, 0.1) is 22.8 Å². The van der Waals surface area contributed by atoms with Crippen molar-refractivity contribution < 1.29 is 0 Å². The molecule has 0 amide bonds. The van der Waals surface area contributed by atoms with Crippen molar-refractivity contribution >= 4 is 17.1 Å². The summed E-state index contributed by atoms with van der Waals surface area (Å²) in [5, 5.41) is 0. The van der Waals surface area contributed by atoms with Crippen LogP contribution in [0.1, 0.15) is 44.6 Å². The van der Waals surface area contributed by atoms with Crippen LogP contribution in [0.5, 0.6) is 0 Å². The van der Waals surface area contributed by atoms with E-state index in [0.717, 1.165) is 25.7 Å². The van der Waals surface area contributed by atoms with Gasteiger partial charge in [0.15, 0.2) is 0 Å². The second-order valence-corrected chi connectivity index (χ2v) is 10.4. The summed E-state index contributed by atoms with van der Waals surface area (Å²) in [4.78, 5) is 7.26. The molecule has 4 aromatic carbocycles. The van der Waals surface area contributed by atoms with E-state index >= 15 is 0 Å². The van der Waals surface area contributed by atoms with Crippen molar-refractivity contribution in [1.82, 2.24) is 4.98 Å². The number of anilines is 3. The first-order valence-corrected chi connectivity index (χ1v) is 12.6. The topological polar surface area (TPSA) is 16.1 Å². The van der Waals surface area contributed by atoms with Gasteiger partial charge in [0.1, 0.15) is 0 Å². The molecule has 0 radical (unpaired) electrons. The zero-order chi connectivity index (χ0) is 22.7. The van der Waals surface area contributed by atoms with Gasteiger partial charge in [-0.2, -0.15) is 0 Å². The molecule has 0 spiro atoms. The fourth-order valence-corrected chi connectivity index (χ4v) is 7.10. The van der Waals surface area contributed by atoms with Crippen LogP contribution in [-0.2, 0) is 25.7 Å². The van der Waals surface area contributed by atoms with Crippen LogP contribution in [0, 0.1) is 0 Å². The van der Waals surface area contributed by atoms with Crippen molar-refractivity contribution in [2.45, 2.75) is 25.7 Å². The smallest absolute Gasteiger partial charge is 0.0688 e. The first kappa shape index (κ1) is 18.2. The molecule has 3 heterocycles. The lowest BCUT2D eigenvalue weighted by Crippen LogP contribution is -2.25. The maximum Gasteiger partial charge on any atom is 0.0688 e. The summed E-state index contributed by atoms with van der Waals surface area (Å²) in [7, 11) is 0. The van der Waals surface area contributed by atoms with Gasteiger partial charge in [0, 0.05) is 19.0 Å². The molecule has 2 aliphatic carbocycles. The summed E-state index contributed by atoms with van der Waals surface area (Å²) >= 11 is 0. The van der Waals surface area contributed by atoms with Crippen molar-refractivity contribution in [3.8, 4) is 22.3 Å². The molecular formula is C33H22N2. The second kappa shape index (κ2) is 6.28. The average Bonchev–Trinajstić information content (AvgIpc) is 3.45. The zero-order valence-corrected chi connectivity index (χ0v) is 19.3. The fourth-order valence-electron chi connectivity index (χ4n) is 7.10. The van der Waals surface area contributed by atoms with Gasteiger partial charge in [-0.15, -0.1) is 0 Å². The maximum absolute atomic E-state index is 4.77. The van der Waals surface area contributed by atoms with Crippen molar-refractivity contribution in [3.63, 3.8) is 0 Å². The number of aromatic nitrogens is 1. The number of para-hydroxylation sites is 1. The van der Waals surface area contributed by atoms with Crippen LogP contribution in [0.3, 0.4) is 0 Å². The lowest BCUT2D eigenvalue weighted by molar-refractivity contribution is 0.970. The monoisotopic (exact) mass is 446 g/mol. The number of benzene rings is 4. The highest BCUT2D eigenvalue weighted by atomic mass is 15.2. The van der Waals surface area contributed by atoms with E-state index in [4.69, 9.17) is 4.98 Å². The lowest BCUT2D eigenvalue weighted by atomic mass is 9.86. The van der Waals surface area contributed by atoms with Crippen LogP contribution in [0.4, 0.5) is 17.1 Å². The van der Waals surface area contributed by atoms with E-state index in [0.29, 0.717) is 0 Å². The minimum Gasteiger partial charge on any atom is -0.308 e. The number of rotatable bonds is 0. The van der Waals surface area contributed by atoms with Crippen LogP contribution in [0.25, 0.3) is 22.3 Å². The van der Waals surface area contributed by atoms with E-state index in [9.17, 15) is 0 Å². The van der Waals surface area contributed by atoms with Crippen LogP contribution in [0.2, 0.25) is 0 Å². The molecule has 2 nitrogen and oxygen atoms in total. The zero-order valence-electron chi connectivity index (χ0n) is 19.3. The molecule has 0 saturated carbocycles. The average molecular weight is 447 g/mol. The molecule has 35 heavy (non-hydrogen) atoms. The Morgan fingerprint density at radius 1 is 0.543 bits per heavy atom. The molecule has 0 fully saturated rings. The van der Waals surface area contributed by atoms with Gasteiger partial charge in [-0.05, 0) is 98.3 Å². The Bertz CT molecular complexity index is 1760. The van der Waals surface area contributed by atoms with Gasteiger partial charge >= 0.3 is 0 Å². The normalized spacial score (nSPS) is 14.9. The van der Waals surface area contributed by atoms with Crippen LogP contribution >= 0.6 is 0 Å². The van der Waals surface area contributed by atoms with Gasteiger partial charge in [-0.25, -0.2) is 0 Å². The summed E-state index contributed by atoms with van der Waals surface area (Å²) in [6.07, 6.45) is 5.89. The molecule has 0 atom stereocenters. The molecule has 0 N–H and O–H groups in total. The predicted molar refractivity (Wildman–Crippen MR) is 141 cm³/mol. The molecule has 2 heteroatoms. The standard InChI is InChI=1S/C33H22N2/c1-2-8-25-19(5-1)15-28-26(25)11-10-20-13-23-18-31-24(16-27(23)32(20)28)14-21-6-3-7-22-17-29-30(9-4-12-34-29)35(31)33(21)22/h1-12,16,18H,13-15,17H2. The first-order chi connectivity index (χ1) is 17.3. The minimum atomic E-state index is 0.911. The highest BCUT2D eigenvalue weighted by Crippen LogP contribution is 2.54. The van der Waals surface area contributed by atoms with E-state index in [-0.39, 0.29) is 0 Å². The predicted octanol–water partition coefficient (Wildman–Crippen LogP) is 7.50. The maximum atomic E-state index is 4.77. The number of hydrogen-bond donors (Lipinski definition) is 0. The Labute approximate surface area is 204 Å².